The summed E-state index contributed by atoms with van der Waals surface area (Å²) in [6.07, 6.45) is -7.27. The van der Waals surface area contributed by atoms with Gasteiger partial charge in [0.25, 0.3) is 0 Å². The Balaban J connectivity index is 3.82. The molecule has 11 heteroatoms. The minimum absolute atomic E-state index is 0.439. The summed E-state index contributed by atoms with van der Waals surface area (Å²) in [5, 5.41) is 0. The number of carbonyl (C=O) groups is 5. The number of ether oxygens (including phenoxy) is 6. The Bertz CT molecular complexity index is 1010. The standard InChI is InChI=1S/C31H52O11/c1-27(2,3)22(32)37-16-17-18(39-23(33)28(4,5)6)19(40-24(34)29(7,8)9)20(41-25(35)30(10,11)12)21(38-17)42-26(36)31(13,14)15/h17-21H,16H2,1-15H3/t17-,18-,19+,20-,21-/m1/s1. The molecule has 0 aromatic rings. The quantitative estimate of drug-likeness (QED) is 0.308. The van der Waals surface area contributed by atoms with E-state index in [9.17, 15) is 24.0 Å². The fourth-order valence-corrected chi connectivity index (χ4v) is 3.07. The first-order valence-corrected chi connectivity index (χ1v) is 14.2. The molecule has 1 fully saturated rings. The highest BCUT2D eigenvalue weighted by Gasteiger charge is 2.56. The molecule has 1 rings (SSSR count). The van der Waals surface area contributed by atoms with Crippen molar-refractivity contribution in [1.82, 2.24) is 0 Å². The second-order valence-electron chi connectivity index (χ2n) is 15.9. The van der Waals surface area contributed by atoms with E-state index in [0.29, 0.717) is 0 Å². The number of hydrogen-bond acceptors (Lipinski definition) is 11. The lowest BCUT2D eigenvalue weighted by molar-refractivity contribution is -0.306. The summed E-state index contributed by atoms with van der Waals surface area (Å²) in [5.41, 5.74) is -4.86. The van der Waals surface area contributed by atoms with E-state index in [1.807, 2.05) is 0 Å². The van der Waals surface area contributed by atoms with Gasteiger partial charge >= 0.3 is 29.8 Å². The van der Waals surface area contributed by atoms with Gasteiger partial charge in [0, 0.05) is 0 Å². The zero-order valence-electron chi connectivity index (χ0n) is 28.1. The first kappa shape index (κ1) is 37.3. The Morgan fingerprint density at radius 3 is 1.12 bits per heavy atom. The minimum Gasteiger partial charge on any atom is -0.462 e. The highest BCUT2D eigenvalue weighted by molar-refractivity contribution is 5.78. The Morgan fingerprint density at radius 1 is 0.452 bits per heavy atom. The van der Waals surface area contributed by atoms with Gasteiger partial charge in [-0.3, -0.25) is 24.0 Å². The molecule has 1 heterocycles. The van der Waals surface area contributed by atoms with Gasteiger partial charge in [-0.25, -0.2) is 0 Å². The predicted octanol–water partition coefficient (Wildman–Crippen LogP) is 4.76. The molecular weight excluding hydrogens is 548 g/mol. The smallest absolute Gasteiger partial charge is 0.313 e. The molecule has 0 aliphatic carbocycles. The average molecular weight is 601 g/mol. The van der Waals surface area contributed by atoms with Crippen molar-refractivity contribution in [3.05, 3.63) is 0 Å². The molecule has 0 unspecified atom stereocenters. The number of carbonyl (C=O) groups excluding carboxylic acids is 5. The maximum atomic E-state index is 13.2. The first-order chi connectivity index (χ1) is 18.6. The van der Waals surface area contributed by atoms with Crippen LogP contribution in [0.1, 0.15) is 104 Å². The predicted molar refractivity (Wildman–Crippen MR) is 153 cm³/mol. The molecule has 0 aromatic heterocycles. The Morgan fingerprint density at radius 2 is 0.762 bits per heavy atom. The molecule has 0 amide bonds. The van der Waals surface area contributed by atoms with Crippen molar-refractivity contribution < 1.29 is 52.4 Å². The number of hydrogen-bond donors (Lipinski definition) is 0. The molecule has 0 spiro atoms. The maximum Gasteiger partial charge on any atom is 0.313 e. The molecule has 0 bridgehead atoms. The lowest BCUT2D eigenvalue weighted by Gasteiger charge is -2.45. The molecule has 0 radical (unpaired) electrons. The van der Waals surface area contributed by atoms with E-state index in [0.717, 1.165) is 0 Å². The summed E-state index contributed by atoms with van der Waals surface area (Å²) < 4.78 is 34.9. The molecule has 1 aliphatic rings. The van der Waals surface area contributed by atoms with E-state index in [1.54, 1.807) is 104 Å². The SMILES string of the molecule is CC(C)(C)C(=O)OC[C@H]1O[C@H](OC(=O)C(C)(C)C)[C@H](OC(=O)C(C)(C)C)[C@@H](OC(=O)C(C)(C)C)[C@@H]1OC(=O)C(C)(C)C. The van der Waals surface area contributed by atoms with Crippen molar-refractivity contribution in [2.75, 3.05) is 6.61 Å². The van der Waals surface area contributed by atoms with Crippen molar-refractivity contribution in [3.8, 4) is 0 Å². The van der Waals surface area contributed by atoms with Gasteiger partial charge in [-0.05, 0) is 104 Å². The van der Waals surface area contributed by atoms with E-state index >= 15 is 0 Å². The zero-order chi connectivity index (χ0) is 33.2. The summed E-state index contributed by atoms with van der Waals surface area (Å²) in [7, 11) is 0. The third-order valence-electron chi connectivity index (χ3n) is 5.98. The van der Waals surface area contributed by atoms with E-state index in [-0.39, 0.29) is 0 Å². The van der Waals surface area contributed by atoms with Crippen molar-refractivity contribution in [1.29, 1.82) is 0 Å². The Kier molecular flexibility index (Phi) is 11.5. The zero-order valence-corrected chi connectivity index (χ0v) is 28.1. The molecule has 0 N–H and O–H groups in total. The molecular formula is C31H52O11. The third-order valence-corrected chi connectivity index (χ3v) is 5.98. The molecule has 1 saturated heterocycles. The molecule has 242 valence electrons. The highest BCUT2D eigenvalue weighted by atomic mass is 16.7. The fraction of sp³-hybridized carbons (Fsp3) is 0.839. The van der Waals surface area contributed by atoms with Gasteiger partial charge in [-0.1, -0.05) is 0 Å². The van der Waals surface area contributed by atoms with Crippen LogP contribution >= 0.6 is 0 Å². The molecule has 5 atom stereocenters. The van der Waals surface area contributed by atoms with E-state index in [4.69, 9.17) is 28.4 Å². The summed E-state index contributed by atoms with van der Waals surface area (Å²) in [6, 6.07) is 0. The molecule has 42 heavy (non-hydrogen) atoms. The fourth-order valence-electron chi connectivity index (χ4n) is 3.07. The van der Waals surface area contributed by atoms with E-state index < -0.39 is 94.2 Å². The molecule has 0 saturated carbocycles. The van der Waals surface area contributed by atoms with E-state index in [1.165, 1.54) is 0 Å². The monoisotopic (exact) mass is 600 g/mol. The number of esters is 5. The highest BCUT2D eigenvalue weighted by Crippen LogP contribution is 2.35. The van der Waals surface area contributed by atoms with Crippen LogP contribution in [0.25, 0.3) is 0 Å². The van der Waals surface area contributed by atoms with Gasteiger partial charge < -0.3 is 28.4 Å². The molecule has 1 aliphatic heterocycles. The van der Waals surface area contributed by atoms with Crippen LogP contribution in [0.3, 0.4) is 0 Å². The van der Waals surface area contributed by atoms with Crippen LogP contribution in [-0.4, -0.2) is 67.2 Å². The second-order valence-corrected chi connectivity index (χ2v) is 15.9. The minimum atomic E-state index is -1.59. The molecule has 11 nitrogen and oxygen atoms in total. The summed E-state index contributed by atoms with van der Waals surface area (Å²) in [6.45, 7) is 24.1. The van der Waals surface area contributed by atoms with Gasteiger partial charge in [0.1, 0.15) is 12.7 Å². The van der Waals surface area contributed by atoms with Gasteiger partial charge in [-0.15, -0.1) is 0 Å². The van der Waals surface area contributed by atoms with Crippen LogP contribution < -0.4 is 0 Å². The van der Waals surface area contributed by atoms with Gasteiger partial charge in [0.2, 0.25) is 12.4 Å². The van der Waals surface area contributed by atoms with Crippen molar-refractivity contribution in [3.63, 3.8) is 0 Å². The Hall–Kier alpha value is -2.69. The van der Waals surface area contributed by atoms with Crippen LogP contribution in [0.5, 0.6) is 0 Å². The van der Waals surface area contributed by atoms with Crippen LogP contribution in [0.15, 0.2) is 0 Å². The first-order valence-electron chi connectivity index (χ1n) is 14.2. The van der Waals surface area contributed by atoms with Crippen LogP contribution in [-0.2, 0) is 52.4 Å². The maximum absolute atomic E-state index is 13.2. The van der Waals surface area contributed by atoms with Crippen LogP contribution in [0.4, 0.5) is 0 Å². The molecule has 0 aromatic carbocycles. The number of rotatable bonds is 6. The third kappa shape index (κ3) is 10.5. The summed E-state index contributed by atoms with van der Waals surface area (Å²) in [5.74, 6) is -3.34. The van der Waals surface area contributed by atoms with Crippen molar-refractivity contribution in [2.24, 2.45) is 27.1 Å². The van der Waals surface area contributed by atoms with Crippen molar-refractivity contribution >= 4 is 29.8 Å². The second kappa shape index (κ2) is 12.9. The van der Waals surface area contributed by atoms with Gasteiger partial charge in [0.05, 0.1) is 27.1 Å². The Labute approximate surface area is 250 Å². The normalized spacial score (nSPS) is 23.8. The summed E-state index contributed by atoms with van der Waals surface area (Å²) >= 11 is 0. The lowest BCUT2D eigenvalue weighted by atomic mass is 9.92. The average Bonchev–Trinajstić information content (AvgIpc) is 2.77. The van der Waals surface area contributed by atoms with Gasteiger partial charge in [-0.2, -0.15) is 0 Å². The lowest BCUT2D eigenvalue weighted by Crippen LogP contribution is -2.64. The van der Waals surface area contributed by atoms with Crippen LogP contribution in [0.2, 0.25) is 0 Å². The largest absolute Gasteiger partial charge is 0.462 e. The van der Waals surface area contributed by atoms with Gasteiger partial charge in [0.15, 0.2) is 12.2 Å². The van der Waals surface area contributed by atoms with E-state index in [2.05, 4.69) is 0 Å². The topological polar surface area (TPSA) is 141 Å². The summed E-state index contributed by atoms with van der Waals surface area (Å²) in [4.78, 5) is 65.3. The van der Waals surface area contributed by atoms with Crippen molar-refractivity contribution in [2.45, 2.75) is 135 Å². The van der Waals surface area contributed by atoms with Crippen LogP contribution in [0, 0.1) is 27.1 Å².